The zero-order valence-electron chi connectivity index (χ0n) is 20.2. The molecule has 2 aromatic heterocycles. The zero-order chi connectivity index (χ0) is 30.3. The fourth-order valence-corrected chi connectivity index (χ4v) is 3.94. The number of rotatable bonds is 8. The van der Waals surface area contributed by atoms with Crippen molar-refractivity contribution in [2.24, 2.45) is 0 Å². The van der Waals surface area contributed by atoms with Gasteiger partial charge in [0.2, 0.25) is 10.0 Å². The van der Waals surface area contributed by atoms with E-state index < -0.39 is 35.0 Å². The highest BCUT2D eigenvalue weighted by molar-refractivity contribution is 9.10. The van der Waals surface area contributed by atoms with Crippen LogP contribution in [-0.4, -0.2) is 60.5 Å². The quantitative estimate of drug-likeness (QED) is 0.193. The molecule has 2 heterocycles. The van der Waals surface area contributed by atoms with Crippen molar-refractivity contribution < 1.29 is 49.4 Å². The molecule has 0 radical (unpaired) electrons. The van der Waals surface area contributed by atoms with E-state index in [1.165, 1.54) is 19.4 Å². The Balaban J connectivity index is 0.000000708. The Bertz CT molecular complexity index is 1440. The lowest BCUT2D eigenvalue weighted by molar-refractivity contribution is -0.192. The zero-order valence-corrected chi connectivity index (χ0v) is 22.6. The fraction of sp³-hybridized carbons (Fsp3) is 0.238. The average molecular weight is 661 g/mol. The smallest absolute Gasteiger partial charge is 0.482 e. The van der Waals surface area contributed by atoms with Crippen LogP contribution in [0.25, 0.3) is 0 Å². The molecule has 0 atom stereocenters. The summed E-state index contributed by atoms with van der Waals surface area (Å²) < 4.78 is 102. The molecule has 0 aliphatic heterocycles. The van der Waals surface area contributed by atoms with Crippen LogP contribution in [0.5, 0.6) is 5.75 Å². The SMILES string of the molecule is CNS(=O)(=O)c1ccc(OCC(F)(F)F)c(Nc2cc(Nc3cc(C)cc(Br)n3)ncn2)c1.O=C(O)C(F)(F)F. The summed E-state index contributed by atoms with van der Waals surface area (Å²) in [7, 11) is -2.64. The van der Waals surface area contributed by atoms with E-state index in [0.717, 1.165) is 23.8 Å². The van der Waals surface area contributed by atoms with E-state index in [2.05, 4.69) is 46.2 Å². The molecular weight excluding hydrogens is 642 g/mol. The predicted octanol–water partition coefficient (Wildman–Crippen LogP) is 4.91. The van der Waals surface area contributed by atoms with Crippen molar-refractivity contribution in [3.8, 4) is 5.75 Å². The Hall–Kier alpha value is -3.71. The predicted molar refractivity (Wildman–Crippen MR) is 133 cm³/mol. The van der Waals surface area contributed by atoms with Gasteiger partial charge in [-0.25, -0.2) is 32.9 Å². The number of nitrogens with zero attached hydrogens (tertiary/aromatic N) is 3. The first kappa shape index (κ1) is 32.5. The number of carbonyl (C=O) groups is 1. The molecule has 40 heavy (non-hydrogen) atoms. The number of aromatic nitrogens is 3. The topological polar surface area (TPSA) is 155 Å². The summed E-state index contributed by atoms with van der Waals surface area (Å²) >= 11 is 3.31. The van der Waals surface area contributed by atoms with E-state index in [0.29, 0.717) is 16.2 Å². The van der Waals surface area contributed by atoms with Crippen LogP contribution in [0.15, 0.2) is 52.2 Å². The van der Waals surface area contributed by atoms with E-state index in [1.807, 2.05) is 13.0 Å². The maximum Gasteiger partial charge on any atom is 0.490 e. The van der Waals surface area contributed by atoms with E-state index in [1.54, 1.807) is 6.07 Å². The number of sulfonamides is 1. The molecule has 0 aliphatic carbocycles. The first-order valence-corrected chi connectivity index (χ1v) is 12.7. The van der Waals surface area contributed by atoms with Crippen molar-refractivity contribution in [3.63, 3.8) is 0 Å². The lowest BCUT2D eigenvalue weighted by Crippen LogP contribution is -2.21. The minimum absolute atomic E-state index is 0.0309. The minimum Gasteiger partial charge on any atom is -0.482 e. The number of halogens is 7. The van der Waals surface area contributed by atoms with Gasteiger partial charge in [0.25, 0.3) is 0 Å². The molecule has 0 spiro atoms. The molecule has 0 unspecified atom stereocenters. The summed E-state index contributed by atoms with van der Waals surface area (Å²) in [6, 6.07) is 8.50. The lowest BCUT2D eigenvalue weighted by atomic mass is 10.3. The molecule has 19 heteroatoms. The largest absolute Gasteiger partial charge is 0.490 e. The minimum atomic E-state index is -5.08. The number of carboxylic acid groups (broad SMARTS) is 1. The van der Waals surface area contributed by atoms with Crippen LogP contribution in [0.3, 0.4) is 0 Å². The van der Waals surface area contributed by atoms with E-state index in [4.69, 9.17) is 14.6 Å². The molecule has 11 nitrogen and oxygen atoms in total. The van der Waals surface area contributed by atoms with Gasteiger partial charge in [-0.15, -0.1) is 0 Å². The number of pyridine rings is 1. The Morgan fingerprint density at radius 2 is 1.60 bits per heavy atom. The summed E-state index contributed by atoms with van der Waals surface area (Å²) in [6.07, 6.45) is -8.44. The standard InChI is InChI=1S/C19H18BrF3N6O3S.C2HF3O2/c1-11-5-15(20)28-18(6-11)29-17-8-16(25-10-26-17)27-13-7-12(33(30,31)24-2)3-4-14(13)32-9-19(21,22)23;3-2(4,5)1(6)7/h3-8,10,24H,9H2,1-2H3,(H2,25,26,27,28,29);(H,6,7). The Kier molecular flexibility index (Phi) is 10.6. The number of aryl methyl sites for hydroxylation is 1. The van der Waals surface area contributed by atoms with Crippen LogP contribution >= 0.6 is 15.9 Å². The maximum atomic E-state index is 12.7. The molecule has 4 N–H and O–H groups in total. The molecule has 0 saturated heterocycles. The van der Waals surface area contributed by atoms with Gasteiger partial charge in [0.05, 0.1) is 10.6 Å². The second-order valence-corrected chi connectivity index (χ2v) is 10.2. The average Bonchev–Trinajstić information content (AvgIpc) is 2.82. The monoisotopic (exact) mass is 660 g/mol. The van der Waals surface area contributed by atoms with Crippen LogP contribution in [0.4, 0.5) is 49.5 Å². The molecule has 3 aromatic rings. The number of alkyl halides is 6. The second-order valence-electron chi connectivity index (χ2n) is 7.46. The van der Waals surface area contributed by atoms with Gasteiger partial charge >= 0.3 is 18.3 Å². The highest BCUT2D eigenvalue weighted by atomic mass is 79.9. The first-order valence-electron chi connectivity index (χ1n) is 10.5. The first-order chi connectivity index (χ1) is 18.4. The number of hydrogen-bond donors (Lipinski definition) is 4. The van der Waals surface area contributed by atoms with Gasteiger partial charge in [0, 0.05) is 6.07 Å². The van der Waals surface area contributed by atoms with E-state index in [9.17, 15) is 34.8 Å². The number of ether oxygens (including phenoxy) is 1. The van der Waals surface area contributed by atoms with Crippen LogP contribution in [0.1, 0.15) is 5.56 Å². The van der Waals surface area contributed by atoms with Crippen molar-refractivity contribution >= 4 is 55.1 Å². The van der Waals surface area contributed by atoms with Gasteiger partial charge in [-0.2, -0.15) is 26.3 Å². The summed E-state index contributed by atoms with van der Waals surface area (Å²) in [5.74, 6) is -1.94. The lowest BCUT2D eigenvalue weighted by Gasteiger charge is -2.16. The van der Waals surface area contributed by atoms with Gasteiger partial charge in [0.15, 0.2) is 6.61 Å². The van der Waals surface area contributed by atoms with E-state index in [-0.39, 0.29) is 22.2 Å². The third-order valence-corrected chi connectivity index (χ3v) is 6.11. The van der Waals surface area contributed by atoms with Crippen LogP contribution in [-0.2, 0) is 14.8 Å². The molecule has 0 fully saturated rings. The number of nitrogens with one attached hydrogen (secondary N) is 3. The summed E-state index contributed by atoms with van der Waals surface area (Å²) in [5.41, 5.74) is 0.914. The third-order valence-electron chi connectivity index (χ3n) is 4.29. The highest BCUT2D eigenvalue weighted by Gasteiger charge is 2.38. The van der Waals surface area contributed by atoms with Crippen molar-refractivity contribution in [3.05, 3.63) is 52.9 Å². The van der Waals surface area contributed by atoms with Crippen molar-refractivity contribution in [2.45, 2.75) is 24.2 Å². The number of aliphatic carboxylic acids is 1. The number of carboxylic acids is 1. The molecule has 0 bridgehead atoms. The van der Waals surface area contributed by atoms with Gasteiger partial charge in [-0.3, -0.25) is 0 Å². The van der Waals surface area contributed by atoms with Crippen molar-refractivity contribution in [2.75, 3.05) is 24.3 Å². The number of benzene rings is 1. The molecule has 3 rings (SSSR count). The molecule has 218 valence electrons. The number of hydrogen-bond acceptors (Lipinski definition) is 9. The van der Waals surface area contributed by atoms with Crippen LogP contribution in [0.2, 0.25) is 0 Å². The van der Waals surface area contributed by atoms with Gasteiger partial charge in [0.1, 0.15) is 34.1 Å². The number of anilines is 4. The van der Waals surface area contributed by atoms with E-state index >= 15 is 0 Å². The van der Waals surface area contributed by atoms with Crippen LogP contribution < -0.4 is 20.1 Å². The molecular formula is C21H19BrF6N6O5S. The van der Waals surface area contributed by atoms with Gasteiger partial charge < -0.3 is 20.5 Å². The van der Waals surface area contributed by atoms with Crippen molar-refractivity contribution in [1.29, 1.82) is 0 Å². The third kappa shape index (κ3) is 10.5. The van der Waals surface area contributed by atoms with Crippen molar-refractivity contribution in [1.82, 2.24) is 19.7 Å². The van der Waals surface area contributed by atoms with Gasteiger partial charge in [-0.05, 0) is 65.8 Å². The summed E-state index contributed by atoms with van der Waals surface area (Å²) in [5, 5.41) is 12.9. The van der Waals surface area contributed by atoms with Gasteiger partial charge in [-0.1, -0.05) is 0 Å². The maximum absolute atomic E-state index is 12.7. The second kappa shape index (κ2) is 13.1. The Morgan fingerprint density at radius 1 is 1.00 bits per heavy atom. The van der Waals surface area contributed by atoms with Crippen LogP contribution in [0, 0.1) is 6.92 Å². The molecule has 0 amide bonds. The fourth-order valence-electron chi connectivity index (χ4n) is 2.63. The highest BCUT2D eigenvalue weighted by Crippen LogP contribution is 2.32. The summed E-state index contributed by atoms with van der Waals surface area (Å²) in [6.45, 7) is 0.337. The Labute approximate surface area is 231 Å². The summed E-state index contributed by atoms with van der Waals surface area (Å²) in [4.78, 5) is 21.1. The Morgan fingerprint density at radius 3 is 2.12 bits per heavy atom. The molecule has 0 aliphatic rings. The molecule has 1 aromatic carbocycles. The normalized spacial score (nSPS) is 11.7. The molecule has 0 saturated carbocycles.